The monoisotopic (exact) mass is 285 g/mol. The van der Waals surface area contributed by atoms with Crippen LogP contribution in [0.3, 0.4) is 0 Å². The van der Waals surface area contributed by atoms with Crippen molar-refractivity contribution in [3.8, 4) is 11.1 Å². The fourth-order valence-corrected chi connectivity index (χ4v) is 1.89. The van der Waals surface area contributed by atoms with Crippen LogP contribution in [0.15, 0.2) is 36.5 Å². The first kappa shape index (κ1) is 14.5. The second kappa shape index (κ2) is 5.62. The summed E-state index contributed by atoms with van der Waals surface area (Å²) in [7, 11) is 3.34. The number of carbonyl (C=O) groups excluding carboxylic acids is 1. The molecule has 0 saturated heterocycles. The molecule has 0 aliphatic heterocycles. The third-order valence-corrected chi connectivity index (χ3v) is 3.00. The van der Waals surface area contributed by atoms with Gasteiger partial charge >= 0.3 is 5.97 Å². The molecule has 0 unspecified atom stereocenters. The van der Waals surface area contributed by atoms with Gasteiger partial charge < -0.3 is 15.7 Å². The van der Waals surface area contributed by atoms with E-state index < -0.39 is 5.97 Å². The van der Waals surface area contributed by atoms with E-state index >= 15 is 0 Å². The number of carboxylic acid groups (broad SMARTS) is 1. The second-order valence-electron chi connectivity index (χ2n) is 4.74. The molecule has 0 atom stereocenters. The summed E-state index contributed by atoms with van der Waals surface area (Å²) in [6, 6.07) is 8.37. The van der Waals surface area contributed by atoms with E-state index in [0.717, 1.165) is 0 Å². The van der Waals surface area contributed by atoms with Gasteiger partial charge in [0.2, 0.25) is 0 Å². The highest BCUT2D eigenvalue weighted by atomic mass is 16.4. The number of carboxylic acids is 1. The van der Waals surface area contributed by atoms with Gasteiger partial charge in [0.15, 0.2) is 0 Å². The first-order valence-electron chi connectivity index (χ1n) is 6.21. The number of hydrogen-bond donors (Lipinski definition) is 2. The third kappa shape index (κ3) is 3.00. The maximum absolute atomic E-state index is 12.0. The highest BCUT2D eigenvalue weighted by molar-refractivity contribution is 5.96. The zero-order valence-corrected chi connectivity index (χ0v) is 11.7. The van der Waals surface area contributed by atoms with Gasteiger partial charge in [0, 0.05) is 31.4 Å². The Balaban J connectivity index is 2.48. The number of hydrogen-bond acceptors (Lipinski definition) is 4. The predicted molar refractivity (Wildman–Crippen MR) is 79.1 cm³/mol. The number of amides is 1. The van der Waals surface area contributed by atoms with E-state index in [1.54, 1.807) is 38.4 Å². The van der Waals surface area contributed by atoms with E-state index in [9.17, 15) is 9.59 Å². The topological polar surface area (TPSA) is 96.5 Å². The number of anilines is 1. The number of pyridine rings is 1. The van der Waals surface area contributed by atoms with E-state index in [0.29, 0.717) is 16.7 Å². The van der Waals surface area contributed by atoms with Gasteiger partial charge in [0.1, 0.15) is 11.4 Å². The smallest absolute Gasteiger partial charge is 0.339 e. The Bertz CT molecular complexity index is 711. The lowest BCUT2D eigenvalue weighted by Gasteiger charge is -2.11. The molecule has 1 aromatic heterocycles. The van der Waals surface area contributed by atoms with Crippen molar-refractivity contribution in [3.63, 3.8) is 0 Å². The summed E-state index contributed by atoms with van der Waals surface area (Å²) >= 11 is 0. The Labute approximate surface area is 121 Å². The number of nitrogen functional groups attached to an aromatic ring is 1. The summed E-state index contributed by atoms with van der Waals surface area (Å²) in [4.78, 5) is 28.4. The Morgan fingerprint density at radius 2 is 1.90 bits per heavy atom. The standard InChI is InChI=1S/C15H15N3O3/c1-18(2)14(19)10-5-3-4-9(6-10)11-7-12(15(20)21)13(16)17-8-11/h3-8H,1-2H3,(H2,16,17)(H,20,21). The SMILES string of the molecule is CN(C)C(=O)c1cccc(-c2cnc(N)c(C(=O)O)c2)c1. The zero-order chi connectivity index (χ0) is 15.6. The van der Waals surface area contributed by atoms with Gasteiger partial charge in [-0.05, 0) is 23.8 Å². The highest BCUT2D eigenvalue weighted by Gasteiger charge is 2.13. The van der Waals surface area contributed by atoms with Gasteiger partial charge in [0.25, 0.3) is 5.91 Å². The number of nitrogens with two attached hydrogens (primary N) is 1. The molecule has 21 heavy (non-hydrogen) atoms. The number of aromatic nitrogens is 1. The van der Waals surface area contributed by atoms with Crippen molar-refractivity contribution >= 4 is 17.7 Å². The van der Waals surface area contributed by atoms with Crippen LogP contribution < -0.4 is 5.73 Å². The van der Waals surface area contributed by atoms with Gasteiger partial charge in [-0.25, -0.2) is 9.78 Å². The molecule has 0 aliphatic rings. The van der Waals surface area contributed by atoms with E-state index in [2.05, 4.69) is 4.98 Å². The average molecular weight is 285 g/mol. The molecule has 2 rings (SSSR count). The number of rotatable bonds is 3. The minimum atomic E-state index is -1.14. The molecule has 1 aromatic carbocycles. The van der Waals surface area contributed by atoms with E-state index in [1.807, 2.05) is 0 Å². The van der Waals surface area contributed by atoms with Crippen molar-refractivity contribution in [3.05, 3.63) is 47.7 Å². The van der Waals surface area contributed by atoms with Crippen LogP contribution in [0, 0.1) is 0 Å². The van der Waals surface area contributed by atoms with Gasteiger partial charge in [-0.1, -0.05) is 12.1 Å². The number of nitrogens with zero attached hydrogens (tertiary/aromatic N) is 2. The Morgan fingerprint density at radius 3 is 2.52 bits per heavy atom. The van der Waals surface area contributed by atoms with Crippen molar-refractivity contribution in [2.75, 3.05) is 19.8 Å². The molecule has 1 heterocycles. The molecule has 0 fully saturated rings. The van der Waals surface area contributed by atoms with Gasteiger partial charge in [-0.3, -0.25) is 4.79 Å². The van der Waals surface area contributed by atoms with Crippen molar-refractivity contribution < 1.29 is 14.7 Å². The number of carbonyl (C=O) groups is 2. The maximum Gasteiger partial charge on any atom is 0.339 e. The van der Waals surface area contributed by atoms with Gasteiger partial charge in [0.05, 0.1) is 0 Å². The molecular formula is C15H15N3O3. The minimum Gasteiger partial charge on any atom is -0.478 e. The van der Waals surface area contributed by atoms with Crippen molar-refractivity contribution in [2.45, 2.75) is 0 Å². The summed E-state index contributed by atoms with van der Waals surface area (Å²) in [6.45, 7) is 0. The van der Waals surface area contributed by atoms with Crippen molar-refractivity contribution in [1.82, 2.24) is 9.88 Å². The lowest BCUT2D eigenvalue weighted by molar-refractivity contribution is 0.0697. The van der Waals surface area contributed by atoms with Crippen LogP contribution in [0.1, 0.15) is 20.7 Å². The summed E-state index contributed by atoms with van der Waals surface area (Å²) < 4.78 is 0. The number of benzene rings is 1. The van der Waals surface area contributed by atoms with Gasteiger partial charge in [-0.2, -0.15) is 0 Å². The Hall–Kier alpha value is -2.89. The minimum absolute atomic E-state index is 0.0354. The third-order valence-electron chi connectivity index (χ3n) is 3.00. The largest absolute Gasteiger partial charge is 0.478 e. The molecular weight excluding hydrogens is 270 g/mol. The van der Waals surface area contributed by atoms with E-state index in [1.165, 1.54) is 17.2 Å². The summed E-state index contributed by atoms with van der Waals surface area (Å²) in [5.41, 5.74) is 7.29. The normalized spacial score (nSPS) is 10.2. The second-order valence-corrected chi connectivity index (χ2v) is 4.74. The molecule has 0 aliphatic carbocycles. The average Bonchev–Trinajstić information content (AvgIpc) is 2.46. The van der Waals surface area contributed by atoms with Crippen LogP contribution in [0.2, 0.25) is 0 Å². The van der Waals surface area contributed by atoms with Crippen LogP contribution in [0.4, 0.5) is 5.82 Å². The van der Waals surface area contributed by atoms with E-state index in [-0.39, 0.29) is 17.3 Å². The Morgan fingerprint density at radius 1 is 1.19 bits per heavy atom. The van der Waals surface area contributed by atoms with Crippen LogP contribution in [0.25, 0.3) is 11.1 Å². The predicted octanol–water partition coefficient (Wildman–Crippen LogP) is 1.73. The Kier molecular flexibility index (Phi) is 3.89. The van der Waals surface area contributed by atoms with Crippen LogP contribution in [0.5, 0.6) is 0 Å². The molecule has 2 aromatic rings. The van der Waals surface area contributed by atoms with Crippen molar-refractivity contribution in [2.24, 2.45) is 0 Å². The first-order valence-corrected chi connectivity index (χ1v) is 6.21. The molecule has 0 radical (unpaired) electrons. The molecule has 3 N–H and O–H groups in total. The first-order chi connectivity index (χ1) is 9.90. The summed E-state index contributed by atoms with van der Waals surface area (Å²) in [5, 5.41) is 9.07. The van der Waals surface area contributed by atoms with Crippen LogP contribution in [-0.4, -0.2) is 41.0 Å². The van der Waals surface area contributed by atoms with Gasteiger partial charge in [-0.15, -0.1) is 0 Å². The fraction of sp³-hybridized carbons (Fsp3) is 0.133. The van der Waals surface area contributed by atoms with E-state index in [4.69, 9.17) is 10.8 Å². The molecule has 0 saturated carbocycles. The van der Waals surface area contributed by atoms with Crippen LogP contribution in [-0.2, 0) is 0 Å². The lowest BCUT2D eigenvalue weighted by atomic mass is 10.0. The zero-order valence-electron chi connectivity index (χ0n) is 11.7. The molecule has 1 amide bonds. The fourth-order valence-electron chi connectivity index (χ4n) is 1.89. The molecule has 6 nitrogen and oxygen atoms in total. The highest BCUT2D eigenvalue weighted by Crippen LogP contribution is 2.23. The molecule has 0 bridgehead atoms. The molecule has 0 spiro atoms. The maximum atomic E-state index is 12.0. The quantitative estimate of drug-likeness (QED) is 0.895. The summed E-state index contributed by atoms with van der Waals surface area (Å²) in [5.74, 6) is -1.30. The van der Waals surface area contributed by atoms with Crippen molar-refractivity contribution in [1.29, 1.82) is 0 Å². The molecule has 6 heteroatoms. The lowest BCUT2D eigenvalue weighted by Crippen LogP contribution is -2.21. The van der Waals surface area contributed by atoms with Crippen LogP contribution >= 0.6 is 0 Å². The number of aromatic carboxylic acids is 1. The summed E-state index contributed by atoms with van der Waals surface area (Å²) in [6.07, 6.45) is 1.49. The molecule has 108 valence electrons.